The molecule has 0 aromatic carbocycles. The Bertz CT molecular complexity index is 538. The summed E-state index contributed by atoms with van der Waals surface area (Å²) in [5.41, 5.74) is 0. The van der Waals surface area contributed by atoms with Gasteiger partial charge in [-0.1, -0.05) is 0 Å². The lowest BCUT2D eigenvalue weighted by Gasteiger charge is -2.19. The van der Waals surface area contributed by atoms with Crippen molar-refractivity contribution in [2.45, 2.75) is 6.42 Å². The third-order valence-corrected chi connectivity index (χ3v) is 4.02. The molecule has 2 aromatic rings. The number of halogens is 1. The average molecular weight is 297 g/mol. The Balaban J connectivity index is 1.92. The topological polar surface area (TPSA) is 59.7 Å². The Kier molecular flexibility index (Phi) is 3.84. The summed E-state index contributed by atoms with van der Waals surface area (Å²) < 4.78 is 1.59. The van der Waals surface area contributed by atoms with Crippen LogP contribution in [0.2, 0.25) is 5.28 Å². The minimum absolute atomic E-state index is 0.201. The summed E-state index contributed by atoms with van der Waals surface area (Å²) in [6.45, 7) is 1.88. The van der Waals surface area contributed by atoms with E-state index in [-0.39, 0.29) is 5.28 Å². The SMILES string of the molecule is Clc1nc(N2CCCSCC2)nc(-n2cccn2)n1. The molecule has 0 saturated carbocycles. The van der Waals surface area contributed by atoms with E-state index in [1.165, 1.54) is 5.75 Å². The molecule has 1 saturated heterocycles. The molecule has 0 atom stereocenters. The van der Waals surface area contributed by atoms with Gasteiger partial charge in [-0.15, -0.1) is 0 Å². The zero-order chi connectivity index (χ0) is 13.1. The summed E-state index contributed by atoms with van der Waals surface area (Å²) in [5, 5.41) is 4.32. The molecule has 1 aliphatic rings. The van der Waals surface area contributed by atoms with Crippen molar-refractivity contribution in [1.82, 2.24) is 24.7 Å². The number of anilines is 1. The van der Waals surface area contributed by atoms with E-state index in [1.54, 1.807) is 17.1 Å². The molecule has 19 heavy (non-hydrogen) atoms. The predicted molar refractivity (Wildman–Crippen MR) is 76.1 cm³/mol. The summed E-state index contributed by atoms with van der Waals surface area (Å²) >= 11 is 7.95. The first kappa shape index (κ1) is 12.7. The Labute approximate surface area is 120 Å². The molecule has 3 rings (SSSR count). The highest BCUT2D eigenvalue weighted by atomic mass is 35.5. The molecular formula is C11H13ClN6S. The first-order valence-corrected chi connectivity index (χ1v) is 7.60. The molecule has 0 spiro atoms. The van der Waals surface area contributed by atoms with Gasteiger partial charge in [0.2, 0.25) is 11.2 Å². The Morgan fingerprint density at radius 2 is 2.00 bits per heavy atom. The number of hydrogen-bond donors (Lipinski definition) is 0. The van der Waals surface area contributed by atoms with Crippen molar-refractivity contribution < 1.29 is 0 Å². The van der Waals surface area contributed by atoms with Gasteiger partial charge in [0.05, 0.1) is 0 Å². The highest BCUT2D eigenvalue weighted by Crippen LogP contribution is 2.17. The van der Waals surface area contributed by atoms with Gasteiger partial charge in [-0.05, 0) is 29.8 Å². The van der Waals surface area contributed by atoms with Crippen molar-refractivity contribution >= 4 is 29.3 Å². The lowest BCUT2D eigenvalue weighted by Crippen LogP contribution is -2.28. The Morgan fingerprint density at radius 1 is 1.11 bits per heavy atom. The summed E-state index contributed by atoms with van der Waals surface area (Å²) in [6.07, 6.45) is 4.60. The van der Waals surface area contributed by atoms with E-state index in [0.717, 1.165) is 25.3 Å². The molecule has 0 bridgehead atoms. The maximum absolute atomic E-state index is 5.99. The summed E-state index contributed by atoms with van der Waals surface area (Å²) in [5.74, 6) is 3.35. The molecule has 100 valence electrons. The van der Waals surface area contributed by atoms with Crippen LogP contribution in [-0.2, 0) is 0 Å². The van der Waals surface area contributed by atoms with Crippen molar-refractivity contribution in [2.75, 3.05) is 29.5 Å². The molecule has 3 heterocycles. The van der Waals surface area contributed by atoms with E-state index in [4.69, 9.17) is 11.6 Å². The third-order valence-electron chi connectivity index (χ3n) is 2.80. The Hall–Kier alpha value is -1.34. The molecule has 0 aliphatic carbocycles. The van der Waals surface area contributed by atoms with Crippen molar-refractivity contribution in [1.29, 1.82) is 0 Å². The lowest BCUT2D eigenvalue weighted by atomic mass is 10.4. The molecule has 0 amide bonds. The van der Waals surface area contributed by atoms with E-state index in [2.05, 4.69) is 25.0 Å². The summed E-state index contributed by atoms with van der Waals surface area (Å²) in [6, 6.07) is 1.82. The number of thioether (sulfide) groups is 1. The van der Waals surface area contributed by atoms with Crippen LogP contribution < -0.4 is 4.90 Å². The second-order valence-corrected chi connectivity index (χ2v) is 5.67. The molecule has 0 N–H and O–H groups in total. The van der Waals surface area contributed by atoms with Crippen LogP contribution in [-0.4, -0.2) is 49.3 Å². The van der Waals surface area contributed by atoms with E-state index in [9.17, 15) is 0 Å². The standard InChI is InChI=1S/C11H13ClN6S/c12-9-14-10(17-4-2-7-19-8-6-17)16-11(15-9)18-5-1-3-13-18/h1,3,5H,2,4,6-8H2. The minimum atomic E-state index is 0.201. The molecule has 1 aliphatic heterocycles. The van der Waals surface area contributed by atoms with Crippen LogP contribution in [0.5, 0.6) is 0 Å². The smallest absolute Gasteiger partial charge is 0.256 e. The quantitative estimate of drug-likeness (QED) is 0.840. The van der Waals surface area contributed by atoms with Crippen LogP contribution >= 0.6 is 23.4 Å². The van der Waals surface area contributed by atoms with E-state index < -0.39 is 0 Å². The van der Waals surface area contributed by atoms with Gasteiger partial charge in [-0.25, -0.2) is 4.68 Å². The highest BCUT2D eigenvalue weighted by molar-refractivity contribution is 7.99. The number of aromatic nitrogens is 5. The van der Waals surface area contributed by atoms with Crippen LogP contribution in [0, 0.1) is 0 Å². The number of rotatable bonds is 2. The fourth-order valence-corrected chi connectivity index (χ4v) is 2.94. The second-order valence-electron chi connectivity index (χ2n) is 4.11. The van der Waals surface area contributed by atoms with Gasteiger partial charge in [0.25, 0.3) is 5.95 Å². The second kappa shape index (κ2) is 5.75. The zero-order valence-electron chi connectivity index (χ0n) is 10.2. The fourth-order valence-electron chi connectivity index (χ4n) is 1.91. The van der Waals surface area contributed by atoms with Crippen LogP contribution in [0.3, 0.4) is 0 Å². The van der Waals surface area contributed by atoms with E-state index in [0.29, 0.717) is 11.9 Å². The summed E-state index contributed by atoms with van der Waals surface area (Å²) in [7, 11) is 0. The molecule has 1 fully saturated rings. The zero-order valence-corrected chi connectivity index (χ0v) is 11.8. The van der Waals surface area contributed by atoms with Crippen LogP contribution in [0.25, 0.3) is 5.95 Å². The van der Waals surface area contributed by atoms with Crippen molar-refractivity contribution in [3.05, 3.63) is 23.7 Å². The normalized spacial score (nSPS) is 16.4. The molecule has 0 radical (unpaired) electrons. The van der Waals surface area contributed by atoms with Crippen molar-refractivity contribution in [3.63, 3.8) is 0 Å². The lowest BCUT2D eigenvalue weighted by molar-refractivity contribution is 0.746. The Morgan fingerprint density at radius 3 is 2.84 bits per heavy atom. The van der Waals surface area contributed by atoms with Crippen LogP contribution in [0.1, 0.15) is 6.42 Å². The van der Waals surface area contributed by atoms with Gasteiger partial charge in [0.1, 0.15) is 0 Å². The molecular weight excluding hydrogens is 284 g/mol. The summed E-state index contributed by atoms with van der Waals surface area (Å²) in [4.78, 5) is 14.9. The minimum Gasteiger partial charge on any atom is -0.340 e. The van der Waals surface area contributed by atoms with Crippen LogP contribution in [0.4, 0.5) is 5.95 Å². The fraction of sp³-hybridized carbons (Fsp3) is 0.455. The molecule has 2 aromatic heterocycles. The van der Waals surface area contributed by atoms with Crippen molar-refractivity contribution in [3.8, 4) is 5.95 Å². The third kappa shape index (κ3) is 2.98. The van der Waals surface area contributed by atoms with E-state index in [1.807, 2.05) is 17.8 Å². The molecule has 0 unspecified atom stereocenters. The average Bonchev–Trinajstić information content (AvgIpc) is 2.81. The maximum atomic E-state index is 5.99. The van der Waals surface area contributed by atoms with Gasteiger partial charge in [0.15, 0.2) is 0 Å². The van der Waals surface area contributed by atoms with Crippen LogP contribution in [0.15, 0.2) is 18.5 Å². The monoisotopic (exact) mass is 296 g/mol. The van der Waals surface area contributed by atoms with Gasteiger partial charge >= 0.3 is 0 Å². The van der Waals surface area contributed by atoms with Gasteiger partial charge < -0.3 is 4.90 Å². The van der Waals surface area contributed by atoms with Gasteiger partial charge in [0, 0.05) is 31.2 Å². The highest BCUT2D eigenvalue weighted by Gasteiger charge is 2.15. The maximum Gasteiger partial charge on any atom is 0.256 e. The first-order valence-electron chi connectivity index (χ1n) is 6.07. The molecule has 6 nitrogen and oxygen atoms in total. The molecule has 8 heteroatoms. The van der Waals surface area contributed by atoms with Crippen molar-refractivity contribution in [2.24, 2.45) is 0 Å². The first-order chi connectivity index (χ1) is 9.33. The van der Waals surface area contributed by atoms with E-state index >= 15 is 0 Å². The largest absolute Gasteiger partial charge is 0.340 e. The van der Waals surface area contributed by atoms with Gasteiger partial charge in [-0.2, -0.15) is 31.8 Å². The van der Waals surface area contributed by atoms with Gasteiger partial charge in [-0.3, -0.25) is 0 Å². The number of nitrogens with zero attached hydrogens (tertiary/aromatic N) is 6. The predicted octanol–water partition coefficient (Wildman–Crippen LogP) is 1.65. The number of hydrogen-bond acceptors (Lipinski definition) is 6.